The average molecular weight is 233 g/mol. The highest BCUT2D eigenvalue weighted by Crippen LogP contribution is 2.18. The van der Waals surface area contributed by atoms with Gasteiger partial charge in [-0.3, -0.25) is 4.98 Å². The van der Waals surface area contributed by atoms with Gasteiger partial charge in [0.1, 0.15) is 0 Å². The molecule has 1 aromatic rings. The minimum atomic E-state index is 0.617. The van der Waals surface area contributed by atoms with Crippen LogP contribution in [-0.2, 0) is 0 Å². The van der Waals surface area contributed by atoms with Gasteiger partial charge >= 0.3 is 0 Å². The number of aromatic nitrogens is 1. The van der Waals surface area contributed by atoms with Crippen molar-refractivity contribution in [1.29, 1.82) is 0 Å². The maximum absolute atomic E-state index is 4.18. The molecule has 1 saturated heterocycles. The predicted molar refractivity (Wildman–Crippen MR) is 72.3 cm³/mol. The molecule has 17 heavy (non-hydrogen) atoms. The van der Waals surface area contributed by atoms with Crippen molar-refractivity contribution in [2.24, 2.45) is 0 Å². The lowest BCUT2D eigenvalue weighted by molar-refractivity contribution is 0.219. The van der Waals surface area contributed by atoms with E-state index in [0.29, 0.717) is 6.04 Å². The lowest BCUT2D eigenvalue weighted by Gasteiger charge is -2.32. The Morgan fingerprint density at radius 1 is 1.41 bits per heavy atom. The third-order valence-corrected chi connectivity index (χ3v) is 3.53. The Kier molecular flexibility index (Phi) is 4.37. The van der Waals surface area contributed by atoms with Crippen LogP contribution < -0.4 is 5.32 Å². The second kappa shape index (κ2) is 6.01. The molecule has 3 nitrogen and oxygen atoms in total. The van der Waals surface area contributed by atoms with Crippen LogP contribution in [0, 0.1) is 6.92 Å². The molecule has 2 rings (SSSR count). The second-order valence-electron chi connectivity index (χ2n) is 4.95. The average Bonchev–Trinajstić information content (AvgIpc) is 2.35. The van der Waals surface area contributed by atoms with Crippen LogP contribution in [0.15, 0.2) is 18.5 Å². The minimum absolute atomic E-state index is 0.617. The van der Waals surface area contributed by atoms with Crippen molar-refractivity contribution in [3.8, 4) is 0 Å². The van der Waals surface area contributed by atoms with Crippen LogP contribution in [-0.4, -0.2) is 35.6 Å². The molecule has 1 N–H and O–H groups in total. The normalized spacial score (nSPS) is 18.2. The first kappa shape index (κ1) is 12.4. The third kappa shape index (κ3) is 3.43. The standard InChI is InChI=1S/C14H23N3/c1-3-8-17-9-5-13(6-10-17)16-14-11-15-7-4-12(14)2/h4,7,11,13,16H,3,5-6,8-10H2,1-2H3. The van der Waals surface area contributed by atoms with Crippen molar-refractivity contribution in [2.45, 2.75) is 39.2 Å². The van der Waals surface area contributed by atoms with E-state index in [9.17, 15) is 0 Å². The third-order valence-electron chi connectivity index (χ3n) is 3.53. The summed E-state index contributed by atoms with van der Waals surface area (Å²) in [6, 6.07) is 2.68. The van der Waals surface area contributed by atoms with Crippen molar-refractivity contribution in [2.75, 3.05) is 25.0 Å². The van der Waals surface area contributed by atoms with E-state index in [2.05, 4.69) is 35.1 Å². The van der Waals surface area contributed by atoms with E-state index in [0.717, 1.165) is 0 Å². The van der Waals surface area contributed by atoms with Crippen molar-refractivity contribution < 1.29 is 0 Å². The maximum atomic E-state index is 4.18. The summed E-state index contributed by atoms with van der Waals surface area (Å²) in [5.41, 5.74) is 2.48. The van der Waals surface area contributed by atoms with Gasteiger partial charge < -0.3 is 10.2 Å². The quantitative estimate of drug-likeness (QED) is 0.866. The predicted octanol–water partition coefficient (Wildman–Crippen LogP) is 2.68. The summed E-state index contributed by atoms with van der Waals surface area (Å²) in [5, 5.41) is 3.62. The molecule has 0 aliphatic carbocycles. The lowest BCUT2D eigenvalue weighted by Crippen LogP contribution is -2.39. The number of nitrogens with one attached hydrogen (secondary N) is 1. The maximum Gasteiger partial charge on any atom is 0.0558 e. The number of rotatable bonds is 4. The van der Waals surface area contributed by atoms with Crippen molar-refractivity contribution in [3.63, 3.8) is 0 Å². The molecule has 2 heterocycles. The number of hydrogen-bond acceptors (Lipinski definition) is 3. The SMILES string of the molecule is CCCN1CCC(Nc2cnccc2C)CC1. The Labute approximate surface area is 104 Å². The molecular formula is C14H23N3. The van der Waals surface area contributed by atoms with Crippen molar-refractivity contribution >= 4 is 5.69 Å². The molecule has 0 unspecified atom stereocenters. The van der Waals surface area contributed by atoms with Gasteiger partial charge in [-0.2, -0.15) is 0 Å². The van der Waals surface area contributed by atoms with Gasteiger partial charge in [0.05, 0.1) is 11.9 Å². The summed E-state index contributed by atoms with van der Waals surface area (Å²) in [7, 11) is 0. The molecule has 0 saturated carbocycles. The first-order chi connectivity index (χ1) is 8.29. The van der Waals surface area contributed by atoms with Gasteiger partial charge in [-0.05, 0) is 44.4 Å². The van der Waals surface area contributed by atoms with Crippen LogP contribution in [0.2, 0.25) is 0 Å². The van der Waals surface area contributed by atoms with E-state index in [4.69, 9.17) is 0 Å². The van der Waals surface area contributed by atoms with Crippen molar-refractivity contribution in [1.82, 2.24) is 9.88 Å². The van der Waals surface area contributed by atoms with Gasteiger partial charge in [-0.15, -0.1) is 0 Å². The molecule has 3 heteroatoms. The molecular weight excluding hydrogens is 210 g/mol. The number of likely N-dealkylation sites (tertiary alicyclic amines) is 1. The van der Waals surface area contributed by atoms with Crippen LogP contribution >= 0.6 is 0 Å². The number of nitrogens with zero attached hydrogens (tertiary/aromatic N) is 2. The molecule has 0 amide bonds. The van der Waals surface area contributed by atoms with E-state index in [1.165, 1.54) is 50.1 Å². The Balaban J connectivity index is 1.84. The summed E-state index contributed by atoms with van der Waals surface area (Å²) in [6.07, 6.45) is 7.54. The number of pyridine rings is 1. The molecule has 0 aromatic carbocycles. The fourth-order valence-corrected chi connectivity index (χ4v) is 2.45. The number of anilines is 1. The lowest BCUT2D eigenvalue weighted by atomic mass is 10.0. The molecule has 1 fully saturated rings. The fraction of sp³-hybridized carbons (Fsp3) is 0.643. The number of aryl methyl sites for hydroxylation is 1. The van der Waals surface area contributed by atoms with E-state index in [-0.39, 0.29) is 0 Å². The van der Waals surface area contributed by atoms with E-state index in [1.807, 2.05) is 12.4 Å². The van der Waals surface area contributed by atoms with Crippen LogP contribution in [0.5, 0.6) is 0 Å². The van der Waals surface area contributed by atoms with Gasteiger partial charge in [0.25, 0.3) is 0 Å². The zero-order valence-electron chi connectivity index (χ0n) is 10.9. The van der Waals surface area contributed by atoms with Gasteiger partial charge in [0.2, 0.25) is 0 Å². The summed E-state index contributed by atoms with van der Waals surface area (Å²) in [4.78, 5) is 6.75. The molecule has 0 bridgehead atoms. The second-order valence-corrected chi connectivity index (χ2v) is 4.95. The van der Waals surface area contributed by atoms with E-state index in [1.54, 1.807) is 0 Å². The highest BCUT2D eigenvalue weighted by molar-refractivity contribution is 5.48. The largest absolute Gasteiger partial charge is 0.381 e. The molecule has 1 aliphatic heterocycles. The molecule has 0 atom stereocenters. The summed E-state index contributed by atoms with van der Waals surface area (Å²) < 4.78 is 0. The topological polar surface area (TPSA) is 28.2 Å². The highest BCUT2D eigenvalue weighted by atomic mass is 15.1. The molecule has 0 spiro atoms. The molecule has 94 valence electrons. The smallest absolute Gasteiger partial charge is 0.0558 e. The molecule has 1 aliphatic rings. The number of hydrogen-bond donors (Lipinski definition) is 1. The summed E-state index contributed by atoms with van der Waals surface area (Å²) in [5.74, 6) is 0. The molecule has 1 aromatic heterocycles. The Hall–Kier alpha value is -1.09. The van der Waals surface area contributed by atoms with Crippen LogP contribution in [0.1, 0.15) is 31.7 Å². The van der Waals surface area contributed by atoms with Gasteiger partial charge in [0.15, 0.2) is 0 Å². The first-order valence-electron chi connectivity index (χ1n) is 6.69. The van der Waals surface area contributed by atoms with E-state index >= 15 is 0 Å². The summed E-state index contributed by atoms with van der Waals surface area (Å²) >= 11 is 0. The highest BCUT2D eigenvalue weighted by Gasteiger charge is 2.18. The number of piperidine rings is 1. The van der Waals surface area contributed by atoms with Gasteiger partial charge in [-0.1, -0.05) is 6.92 Å². The van der Waals surface area contributed by atoms with E-state index < -0.39 is 0 Å². The Morgan fingerprint density at radius 3 is 2.82 bits per heavy atom. The van der Waals surface area contributed by atoms with Crippen LogP contribution in [0.3, 0.4) is 0 Å². The minimum Gasteiger partial charge on any atom is -0.381 e. The monoisotopic (exact) mass is 233 g/mol. The van der Waals surface area contributed by atoms with Crippen molar-refractivity contribution in [3.05, 3.63) is 24.0 Å². The first-order valence-corrected chi connectivity index (χ1v) is 6.69. The molecule has 0 radical (unpaired) electrons. The van der Waals surface area contributed by atoms with Crippen LogP contribution in [0.4, 0.5) is 5.69 Å². The zero-order chi connectivity index (χ0) is 12.1. The summed E-state index contributed by atoms with van der Waals surface area (Å²) in [6.45, 7) is 8.09. The zero-order valence-corrected chi connectivity index (χ0v) is 10.9. The Bertz CT molecular complexity index is 343. The Morgan fingerprint density at radius 2 is 2.18 bits per heavy atom. The van der Waals surface area contributed by atoms with Gasteiger partial charge in [0, 0.05) is 25.3 Å². The van der Waals surface area contributed by atoms with Gasteiger partial charge in [-0.25, -0.2) is 0 Å². The fourth-order valence-electron chi connectivity index (χ4n) is 2.45. The van der Waals surface area contributed by atoms with Crippen LogP contribution in [0.25, 0.3) is 0 Å².